The minimum absolute atomic E-state index is 0.257. The Morgan fingerprint density at radius 1 is 1.03 bits per heavy atom. The molecule has 0 aromatic heterocycles. The maximum absolute atomic E-state index is 12.4. The Kier molecular flexibility index (Phi) is 6.06. The van der Waals surface area contributed by atoms with Crippen molar-refractivity contribution in [2.24, 2.45) is 10.9 Å². The molecule has 1 aliphatic heterocycles. The molecular weight excluding hydrogens is 510 g/mol. The number of hydrogen-bond acceptors (Lipinski definition) is 4. The van der Waals surface area contributed by atoms with E-state index in [1.54, 1.807) is 6.08 Å². The molecule has 152 valence electrons. The molecule has 0 radical (unpaired) electrons. The van der Waals surface area contributed by atoms with E-state index in [0.29, 0.717) is 18.4 Å². The van der Waals surface area contributed by atoms with Crippen molar-refractivity contribution < 1.29 is 14.3 Å². The first-order valence-corrected chi connectivity index (χ1v) is 11.1. The van der Waals surface area contributed by atoms with Crippen LogP contribution in [0.3, 0.4) is 0 Å². The SMILES string of the molecule is CC(C)COc1c(Br)cc(/C=C2\N=C(c3ccc4ccccc4c3)OC2=O)cc1Br. The third-order valence-corrected chi connectivity index (χ3v) is 5.68. The fourth-order valence-electron chi connectivity index (χ4n) is 3.06. The van der Waals surface area contributed by atoms with Gasteiger partial charge >= 0.3 is 5.97 Å². The monoisotopic (exact) mass is 527 g/mol. The van der Waals surface area contributed by atoms with Gasteiger partial charge in [0.05, 0.1) is 15.6 Å². The van der Waals surface area contributed by atoms with Crippen LogP contribution in [0.25, 0.3) is 16.8 Å². The molecule has 0 saturated carbocycles. The smallest absolute Gasteiger partial charge is 0.363 e. The van der Waals surface area contributed by atoms with Gasteiger partial charge < -0.3 is 9.47 Å². The van der Waals surface area contributed by atoms with Crippen molar-refractivity contribution in [3.63, 3.8) is 0 Å². The summed E-state index contributed by atoms with van der Waals surface area (Å²) in [5.41, 5.74) is 1.83. The van der Waals surface area contributed by atoms with Crippen LogP contribution in [0.4, 0.5) is 0 Å². The van der Waals surface area contributed by atoms with E-state index in [0.717, 1.165) is 36.6 Å². The van der Waals surface area contributed by atoms with E-state index >= 15 is 0 Å². The zero-order valence-corrected chi connectivity index (χ0v) is 19.7. The fraction of sp³-hybridized carbons (Fsp3) is 0.167. The second kappa shape index (κ2) is 8.74. The van der Waals surface area contributed by atoms with Gasteiger partial charge in [0.15, 0.2) is 5.70 Å². The largest absolute Gasteiger partial charge is 0.491 e. The lowest BCUT2D eigenvalue weighted by atomic mass is 10.1. The third-order valence-electron chi connectivity index (χ3n) is 4.50. The Labute approximate surface area is 191 Å². The molecule has 4 rings (SSSR count). The van der Waals surface area contributed by atoms with E-state index < -0.39 is 5.97 Å². The van der Waals surface area contributed by atoms with Crippen molar-refractivity contribution in [3.8, 4) is 5.75 Å². The maximum Gasteiger partial charge on any atom is 0.363 e. The van der Waals surface area contributed by atoms with Crippen molar-refractivity contribution in [1.29, 1.82) is 0 Å². The summed E-state index contributed by atoms with van der Waals surface area (Å²) in [5, 5.41) is 2.19. The fourth-order valence-corrected chi connectivity index (χ4v) is 4.51. The van der Waals surface area contributed by atoms with Crippen molar-refractivity contribution >= 4 is 60.6 Å². The Morgan fingerprint density at radius 3 is 2.43 bits per heavy atom. The van der Waals surface area contributed by atoms with Gasteiger partial charge in [-0.1, -0.05) is 44.2 Å². The average Bonchev–Trinajstić information content (AvgIpc) is 3.07. The van der Waals surface area contributed by atoms with E-state index in [-0.39, 0.29) is 5.70 Å². The topological polar surface area (TPSA) is 47.9 Å². The summed E-state index contributed by atoms with van der Waals surface area (Å²) in [7, 11) is 0. The Balaban J connectivity index is 1.63. The number of hydrogen-bond donors (Lipinski definition) is 0. The normalized spacial score (nSPS) is 15.0. The van der Waals surface area contributed by atoms with Crippen molar-refractivity contribution in [2.45, 2.75) is 13.8 Å². The molecule has 0 unspecified atom stereocenters. The summed E-state index contributed by atoms with van der Waals surface area (Å²) in [5.74, 6) is 1.000. The summed E-state index contributed by atoms with van der Waals surface area (Å²) in [6, 6.07) is 17.7. The van der Waals surface area contributed by atoms with Gasteiger partial charge in [-0.15, -0.1) is 0 Å². The molecule has 0 saturated heterocycles. The third kappa shape index (κ3) is 4.50. The molecular formula is C24H19Br2NO3. The predicted molar refractivity (Wildman–Crippen MR) is 127 cm³/mol. The molecule has 0 aliphatic carbocycles. The van der Waals surface area contributed by atoms with Gasteiger partial charge in [-0.2, -0.15) is 0 Å². The van der Waals surface area contributed by atoms with Gasteiger partial charge in [-0.3, -0.25) is 0 Å². The molecule has 30 heavy (non-hydrogen) atoms. The zero-order valence-electron chi connectivity index (χ0n) is 16.5. The molecule has 3 aromatic carbocycles. The van der Waals surface area contributed by atoms with Crippen LogP contribution in [0.1, 0.15) is 25.0 Å². The molecule has 0 N–H and O–H groups in total. The number of halogens is 2. The number of cyclic esters (lactones) is 1. The zero-order chi connectivity index (χ0) is 21.3. The van der Waals surface area contributed by atoms with Crippen LogP contribution in [0.2, 0.25) is 0 Å². The standard InChI is InChI=1S/C24H19Br2NO3/c1-14(2)13-29-22-19(25)9-15(10-20(22)26)11-21-24(28)30-23(27-21)18-8-7-16-5-3-4-6-17(16)12-18/h3-12,14H,13H2,1-2H3/b21-11-. The second-order valence-electron chi connectivity index (χ2n) is 7.42. The van der Waals surface area contributed by atoms with Crippen molar-refractivity contribution in [2.75, 3.05) is 6.61 Å². The van der Waals surface area contributed by atoms with Crippen LogP contribution >= 0.6 is 31.9 Å². The van der Waals surface area contributed by atoms with Crippen LogP contribution in [0, 0.1) is 5.92 Å². The highest BCUT2D eigenvalue weighted by Gasteiger charge is 2.24. The van der Waals surface area contributed by atoms with Crippen LogP contribution in [0.5, 0.6) is 5.75 Å². The van der Waals surface area contributed by atoms with Crippen LogP contribution < -0.4 is 4.74 Å². The Hall–Kier alpha value is -2.44. The van der Waals surface area contributed by atoms with Crippen LogP contribution in [-0.4, -0.2) is 18.5 Å². The number of carbonyl (C=O) groups excluding carboxylic acids is 1. The van der Waals surface area contributed by atoms with Crippen LogP contribution in [0.15, 0.2) is 74.2 Å². The first kappa shape index (κ1) is 20.8. The van der Waals surface area contributed by atoms with E-state index in [4.69, 9.17) is 9.47 Å². The van der Waals surface area contributed by atoms with E-state index in [1.807, 2.05) is 54.6 Å². The van der Waals surface area contributed by atoms with Crippen LogP contribution in [-0.2, 0) is 9.53 Å². The molecule has 1 heterocycles. The second-order valence-corrected chi connectivity index (χ2v) is 9.13. The molecule has 6 heteroatoms. The van der Waals surface area contributed by atoms with E-state index in [1.165, 1.54) is 0 Å². The molecule has 3 aromatic rings. The number of fused-ring (bicyclic) bond motifs is 1. The van der Waals surface area contributed by atoms with Gasteiger partial charge in [-0.25, -0.2) is 9.79 Å². The van der Waals surface area contributed by atoms with E-state index in [2.05, 4.69) is 50.7 Å². The minimum atomic E-state index is -0.467. The summed E-state index contributed by atoms with van der Waals surface area (Å²) in [6.45, 7) is 4.80. The molecule has 0 atom stereocenters. The molecule has 1 aliphatic rings. The number of rotatable bonds is 5. The summed E-state index contributed by atoms with van der Waals surface area (Å²) in [6.07, 6.45) is 1.71. The quantitative estimate of drug-likeness (QED) is 0.272. The van der Waals surface area contributed by atoms with Gasteiger partial charge in [0.1, 0.15) is 5.75 Å². The number of ether oxygens (including phenoxy) is 2. The van der Waals surface area contributed by atoms with Gasteiger partial charge in [-0.05, 0) is 84.5 Å². The van der Waals surface area contributed by atoms with E-state index in [9.17, 15) is 4.79 Å². The van der Waals surface area contributed by atoms with Gasteiger partial charge in [0.25, 0.3) is 0 Å². The number of esters is 1. The number of benzene rings is 3. The van der Waals surface area contributed by atoms with Crippen molar-refractivity contribution in [1.82, 2.24) is 0 Å². The average molecular weight is 529 g/mol. The lowest BCUT2D eigenvalue weighted by Gasteiger charge is -2.13. The number of carbonyl (C=O) groups is 1. The highest BCUT2D eigenvalue weighted by atomic mass is 79.9. The van der Waals surface area contributed by atoms with Crippen molar-refractivity contribution in [3.05, 3.63) is 80.4 Å². The van der Waals surface area contributed by atoms with Gasteiger partial charge in [0, 0.05) is 5.56 Å². The lowest BCUT2D eigenvalue weighted by Crippen LogP contribution is -2.05. The maximum atomic E-state index is 12.4. The first-order valence-electron chi connectivity index (χ1n) is 9.54. The molecule has 0 bridgehead atoms. The number of aliphatic imine (C=N–C) groups is 1. The first-order chi connectivity index (χ1) is 14.4. The summed E-state index contributed by atoms with van der Waals surface area (Å²) >= 11 is 7.10. The molecule has 0 spiro atoms. The Morgan fingerprint density at radius 2 is 1.73 bits per heavy atom. The molecule has 0 amide bonds. The minimum Gasteiger partial charge on any atom is -0.491 e. The predicted octanol–water partition coefficient (Wildman–Crippen LogP) is 6.74. The highest BCUT2D eigenvalue weighted by molar-refractivity contribution is 9.11. The summed E-state index contributed by atoms with van der Waals surface area (Å²) < 4.78 is 12.9. The van der Waals surface area contributed by atoms with Gasteiger partial charge in [0.2, 0.25) is 5.90 Å². The highest BCUT2D eigenvalue weighted by Crippen LogP contribution is 2.36. The summed E-state index contributed by atoms with van der Waals surface area (Å²) in [4.78, 5) is 16.8. The molecule has 4 nitrogen and oxygen atoms in total. The number of nitrogens with zero attached hydrogens (tertiary/aromatic N) is 1. The lowest BCUT2D eigenvalue weighted by molar-refractivity contribution is -0.129. The molecule has 0 fully saturated rings. The Bertz CT molecular complexity index is 1180.